The lowest BCUT2D eigenvalue weighted by molar-refractivity contribution is 0.0461. The molecule has 0 saturated carbocycles. The van der Waals surface area contributed by atoms with Crippen LogP contribution in [0.15, 0.2) is 67.0 Å². The monoisotopic (exact) mass is 552 g/mol. The van der Waals surface area contributed by atoms with Gasteiger partial charge in [-0.05, 0) is 37.1 Å². The molecule has 4 aromatic rings. The summed E-state index contributed by atoms with van der Waals surface area (Å²) in [4.78, 5) is 49.6. The maximum atomic E-state index is 12.7. The minimum absolute atomic E-state index is 0.0996. The molecule has 0 radical (unpaired) electrons. The van der Waals surface area contributed by atoms with Gasteiger partial charge < -0.3 is 32.9 Å². The number of ether oxygens (including phenoxy) is 4. The topological polar surface area (TPSA) is 152 Å². The van der Waals surface area contributed by atoms with Gasteiger partial charge in [0.15, 0.2) is 10.9 Å². The van der Waals surface area contributed by atoms with Crippen molar-refractivity contribution in [2.75, 3.05) is 26.4 Å². The van der Waals surface area contributed by atoms with Gasteiger partial charge in [0.25, 0.3) is 0 Å². The average molecular weight is 553 g/mol. The van der Waals surface area contributed by atoms with Crippen LogP contribution in [0.2, 0.25) is 0 Å². The Kier molecular flexibility index (Phi) is 9.18. The lowest BCUT2D eigenvalue weighted by Gasteiger charge is -2.15. The van der Waals surface area contributed by atoms with Gasteiger partial charge in [-0.3, -0.25) is 9.59 Å². The van der Waals surface area contributed by atoms with E-state index in [9.17, 15) is 24.3 Å². The van der Waals surface area contributed by atoms with E-state index in [1.807, 2.05) is 13.8 Å². The zero-order valence-corrected chi connectivity index (χ0v) is 22.0. The quantitative estimate of drug-likeness (QED) is 0.255. The summed E-state index contributed by atoms with van der Waals surface area (Å²) in [5.74, 6) is -1.63. The van der Waals surface area contributed by atoms with Crippen molar-refractivity contribution in [1.82, 2.24) is 0 Å². The van der Waals surface area contributed by atoms with Crippen molar-refractivity contribution in [2.45, 2.75) is 32.8 Å². The predicted octanol–water partition coefficient (Wildman–Crippen LogP) is 3.85. The fraction of sp³-hybridized carbons (Fsp3) is 0.310. The molecule has 11 nitrogen and oxygen atoms in total. The Bertz CT molecular complexity index is 1510. The fourth-order valence-electron chi connectivity index (χ4n) is 3.75. The summed E-state index contributed by atoms with van der Waals surface area (Å²) < 4.78 is 32.5. The molecular weight excluding hydrogens is 524 g/mol. The van der Waals surface area contributed by atoms with Gasteiger partial charge in [-0.1, -0.05) is 26.0 Å². The number of hydrogen-bond donors (Lipinski definition) is 1. The number of hydrogen-bond acceptors (Lipinski definition) is 11. The molecule has 0 saturated heterocycles. The zero-order valence-electron chi connectivity index (χ0n) is 22.0. The van der Waals surface area contributed by atoms with Crippen molar-refractivity contribution in [3.8, 4) is 11.5 Å². The van der Waals surface area contributed by atoms with Crippen LogP contribution in [-0.2, 0) is 9.47 Å². The molecule has 210 valence electrons. The number of esters is 2. The Morgan fingerprint density at radius 2 is 1.18 bits per heavy atom. The molecule has 0 unspecified atom stereocenters. The van der Waals surface area contributed by atoms with Crippen LogP contribution in [0.25, 0.3) is 21.9 Å². The lowest BCUT2D eigenvalue weighted by atomic mass is 10.2. The Morgan fingerprint density at radius 1 is 0.750 bits per heavy atom. The highest BCUT2D eigenvalue weighted by Crippen LogP contribution is 2.25. The van der Waals surface area contributed by atoms with Crippen LogP contribution in [0.1, 0.15) is 47.8 Å². The number of carbonyl (C=O) groups is 2. The largest absolute Gasteiger partial charge is 0.490 e. The van der Waals surface area contributed by atoms with Crippen molar-refractivity contribution < 1.29 is 42.5 Å². The molecule has 0 aliphatic carbocycles. The molecule has 0 aliphatic rings. The molecule has 11 heteroatoms. The Labute approximate surface area is 227 Å². The molecule has 4 rings (SSSR count). The Balaban J connectivity index is 1.44. The molecule has 2 heterocycles. The minimum atomic E-state index is -1.16. The molecule has 0 amide bonds. The van der Waals surface area contributed by atoms with Crippen LogP contribution in [0.4, 0.5) is 0 Å². The highest BCUT2D eigenvalue weighted by Gasteiger charge is 2.19. The molecular formula is C29H28O11. The number of carbonyl (C=O) groups excluding carboxylic acids is 2. The molecule has 0 bridgehead atoms. The predicted molar refractivity (Wildman–Crippen MR) is 143 cm³/mol. The first-order chi connectivity index (χ1) is 19.3. The van der Waals surface area contributed by atoms with E-state index in [-0.39, 0.29) is 71.4 Å². The van der Waals surface area contributed by atoms with E-state index >= 15 is 0 Å². The molecule has 0 fully saturated rings. The second-order valence-corrected chi connectivity index (χ2v) is 8.76. The molecule has 0 spiro atoms. The summed E-state index contributed by atoms with van der Waals surface area (Å²) in [6.45, 7) is 3.56. The molecule has 0 aliphatic heterocycles. The van der Waals surface area contributed by atoms with Gasteiger partial charge in [-0.2, -0.15) is 0 Å². The van der Waals surface area contributed by atoms with E-state index in [2.05, 4.69) is 0 Å². The van der Waals surface area contributed by atoms with Crippen molar-refractivity contribution in [2.24, 2.45) is 0 Å². The van der Waals surface area contributed by atoms with E-state index in [1.165, 1.54) is 24.3 Å². The number of benzene rings is 2. The van der Waals surface area contributed by atoms with Crippen molar-refractivity contribution in [3.63, 3.8) is 0 Å². The van der Waals surface area contributed by atoms with Crippen LogP contribution in [0.5, 0.6) is 11.5 Å². The normalized spacial score (nSPS) is 11.1. The Morgan fingerprint density at radius 3 is 1.57 bits per heavy atom. The SMILES string of the molecule is CCCOC(=O)c1cc(=O)c2c(OCC(O)COc3cccc4oc(C(=O)OCCC)cc(=O)c34)cccc2o1. The first kappa shape index (κ1) is 28.4. The van der Waals surface area contributed by atoms with Crippen LogP contribution in [0.3, 0.4) is 0 Å². The molecule has 2 aromatic heterocycles. The maximum Gasteiger partial charge on any atom is 0.374 e. The van der Waals surface area contributed by atoms with E-state index in [1.54, 1.807) is 12.1 Å². The van der Waals surface area contributed by atoms with Crippen molar-refractivity contribution >= 4 is 33.9 Å². The second-order valence-electron chi connectivity index (χ2n) is 8.76. The Hall–Kier alpha value is -4.64. The third-order valence-electron chi connectivity index (χ3n) is 5.57. The van der Waals surface area contributed by atoms with Crippen molar-refractivity contribution in [3.05, 3.63) is 80.5 Å². The fourth-order valence-corrected chi connectivity index (χ4v) is 3.75. The van der Waals surface area contributed by atoms with Gasteiger partial charge in [-0.25, -0.2) is 9.59 Å². The van der Waals surface area contributed by atoms with E-state index in [4.69, 9.17) is 27.8 Å². The number of aliphatic hydroxyl groups excluding tert-OH is 1. The average Bonchev–Trinajstić information content (AvgIpc) is 2.95. The first-order valence-electron chi connectivity index (χ1n) is 12.7. The summed E-state index contributed by atoms with van der Waals surface area (Å²) >= 11 is 0. The summed E-state index contributed by atoms with van der Waals surface area (Å²) in [6, 6.07) is 11.3. The van der Waals surface area contributed by atoms with Gasteiger partial charge in [0.1, 0.15) is 52.8 Å². The summed E-state index contributed by atoms with van der Waals surface area (Å²) in [5.41, 5.74) is -0.767. The van der Waals surface area contributed by atoms with E-state index in [0.29, 0.717) is 12.8 Å². The third-order valence-corrected chi connectivity index (χ3v) is 5.57. The second kappa shape index (κ2) is 12.9. The van der Waals surface area contributed by atoms with Crippen LogP contribution in [0, 0.1) is 0 Å². The van der Waals surface area contributed by atoms with Gasteiger partial charge in [0.2, 0.25) is 11.5 Å². The summed E-state index contributed by atoms with van der Waals surface area (Å²) in [7, 11) is 0. The van der Waals surface area contributed by atoms with Crippen LogP contribution in [-0.4, -0.2) is 49.6 Å². The zero-order chi connectivity index (χ0) is 28.6. The third kappa shape index (κ3) is 6.49. The van der Waals surface area contributed by atoms with Gasteiger partial charge in [0.05, 0.1) is 13.2 Å². The standard InChI is InChI=1S/C29H28O11/c1-3-11-35-28(33)24-13-18(31)26-20(7-5-9-22(26)39-24)37-15-17(30)16-38-21-8-6-10-23-27(21)19(32)14-25(40-23)29(34)36-12-4-2/h5-10,13-14,17,30H,3-4,11-12,15-16H2,1-2H3. The minimum Gasteiger partial charge on any atom is -0.490 e. The molecule has 2 aromatic carbocycles. The van der Waals surface area contributed by atoms with Gasteiger partial charge in [-0.15, -0.1) is 0 Å². The highest BCUT2D eigenvalue weighted by atomic mass is 16.6. The van der Waals surface area contributed by atoms with Crippen molar-refractivity contribution in [1.29, 1.82) is 0 Å². The number of aliphatic hydroxyl groups is 1. The molecule has 40 heavy (non-hydrogen) atoms. The van der Waals surface area contributed by atoms with E-state index in [0.717, 1.165) is 12.1 Å². The molecule has 1 N–H and O–H groups in total. The maximum absolute atomic E-state index is 12.7. The van der Waals surface area contributed by atoms with E-state index < -0.39 is 28.9 Å². The highest BCUT2D eigenvalue weighted by molar-refractivity contribution is 5.91. The smallest absolute Gasteiger partial charge is 0.374 e. The van der Waals surface area contributed by atoms with Gasteiger partial charge in [0, 0.05) is 12.1 Å². The van der Waals surface area contributed by atoms with Crippen LogP contribution < -0.4 is 20.3 Å². The van der Waals surface area contributed by atoms with Gasteiger partial charge >= 0.3 is 11.9 Å². The molecule has 0 atom stereocenters. The number of fused-ring (bicyclic) bond motifs is 2. The summed E-state index contributed by atoms with van der Waals surface area (Å²) in [6.07, 6.45) is 0.0896. The number of rotatable bonds is 12. The first-order valence-corrected chi connectivity index (χ1v) is 12.7. The summed E-state index contributed by atoms with van der Waals surface area (Å²) in [5, 5.41) is 10.7. The van der Waals surface area contributed by atoms with Crippen LogP contribution >= 0.6 is 0 Å². The lowest BCUT2D eigenvalue weighted by Crippen LogP contribution is -2.25.